The standard InChI is InChI=1S/C12H15NO2S/c14-16(15)7-5-9-3-4-10(8-12(9)16)11-2-1-6-13-11/h3-4,8,11,13H,1-2,5-7H2. The van der Waals surface area contributed by atoms with Gasteiger partial charge in [0, 0.05) is 6.04 Å². The van der Waals surface area contributed by atoms with Crippen molar-refractivity contribution >= 4 is 9.84 Å². The van der Waals surface area contributed by atoms with E-state index in [9.17, 15) is 8.42 Å². The van der Waals surface area contributed by atoms with E-state index < -0.39 is 9.84 Å². The van der Waals surface area contributed by atoms with Gasteiger partial charge in [-0.25, -0.2) is 8.42 Å². The van der Waals surface area contributed by atoms with Gasteiger partial charge in [-0.05, 0) is 43.0 Å². The molecular weight excluding hydrogens is 222 g/mol. The number of sulfone groups is 1. The third-order valence-corrected chi connectivity index (χ3v) is 5.32. The summed E-state index contributed by atoms with van der Waals surface area (Å²) in [6, 6.07) is 6.28. The predicted octanol–water partition coefficient (Wildman–Crippen LogP) is 1.44. The SMILES string of the molecule is O=S1(=O)CCc2ccc(C3CCCN3)cc21. The van der Waals surface area contributed by atoms with Crippen LogP contribution < -0.4 is 5.32 Å². The Hall–Kier alpha value is -0.870. The summed E-state index contributed by atoms with van der Waals surface area (Å²) in [5.74, 6) is 0.282. The van der Waals surface area contributed by atoms with Crippen LogP contribution in [-0.4, -0.2) is 20.7 Å². The van der Waals surface area contributed by atoms with Crippen molar-refractivity contribution in [3.8, 4) is 0 Å². The highest BCUT2D eigenvalue weighted by atomic mass is 32.2. The molecule has 3 rings (SSSR count). The molecule has 0 aliphatic carbocycles. The molecule has 0 spiro atoms. The number of hydrogen-bond donors (Lipinski definition) is 1. The van der Waals surface area contributed by atoms with E-state index in [4.69, 9.17) is 0 Å². The third kappa shape index (κ3) is 1.57. The minimum Gasteiger partial charge on any atom is -0.310 e. The van der Waals surface area contributed by atoms with Crippen molar-refractivity contribution in [2.75, 3.05) is 12.3 Å². The summed E-state index contributed by atoms with van der Waals surface area (Å²) in [4.78, 5) is 0.568. The number of hydrogen-bond acceptors (Lipinski definition) is 3. The van der Waals surface area contributed by atoms with Gasteiger partial charge < -0.3 is 5.32 Å². The van der Waals surface area contributed by atoms with Crippen LogP contribution in [0.15, 0.2) is 23.1 Å². The quantitative estimate of drug-likeness (QED) is 0.804. The minimum absolute atomic E-state index is 0.282. The van der Waals surface area contributed by atoms with Crippen molar-refractivity contribution in [3.05, 3.63) is 29.3 Å². The van der Waals surface area contributed by atoms with Crippen LogP contribution in [0.5, 0.6) is 0 Å². The van der Waals surface area contributed by atoms with Crippen LogP contribution in [0.3, 0.4) is 0 Å². The molecule has 0 saturated carbocycles. The second-order valence-electron chi connectivity index (χ2n) is 4.58. The van der Waals surface area contributed by atoms with Crippen LogP contribution in [0.1, 0.15) is 30.0 Å². The first-order valence-electron chi connectivity index (χ1n) is 5.76. The summed E-state index contributed by atoms with van der Waals surface area (Å²) in [7, 11) is -2.99. The fourth-order valence-corrected chi connectivity index (χ4v) is 4.20. The highest BCUT2D eigenvalue weighted by Gasteiger charge is 2.27. The van der Waals surface area contributed by atoms with E-state index >= 15 is 0 Å². The summed E-state index contributed by atoms with van der Waals surface area (Å²) in [5, 5.41) is 3.40. The first-order chi connectivity index (χ1) is 7.67. The molecule has 4 heteroatoms. The lowest BCUT2D eigenvalue weighted by Gasteiger charge is -2.11. The summed E-state index contributed by atoms with van der Waals surface area (Å²) >= 11 is 0. The number of rotatable bonds is 1. The van der Waals surface area contributed by atoms with Crippen molar-refractivity contribution in [2.45, 2.75) is 30.2 Å². The van der Waals surface area contributed by atoms with Gasteiger partial charge in [-0.15, -0.1) is 0 Å². The summed E-state index contributed by atoms with van der Waals surface area (Å²) in [6.45, 7) is 1.04. The van der Waals surface area contributed by atoms with Gasteiger partial charge in [0.25, 0.3) is 0 Å². The number of aryl methyl sites for hydroxylation is 1. The summed E-state index contributed by atoms with van der Waals surface area (Å²) in [6.07, 6.45) is 2.96. The first-order valence-corrected chi connectivity index (χ1v) is 7.41. The van der Waals surface area contributed by atoms with Crippen molar-refractivity contribution in [1.29, 1.82) is 0 Å². The van der Waals surface area contributed by atoms with Gasteiger partial charge in [-0.2, -0.15) is 0 Å². The van der Waals surface area contributed by atoms with Gasteiger partial charge in [-0.1, -0.05) is 12.1 Å². The van der Waals surface area contributed by atoms with Crippen molar-refractivity contribution in [2.24, 2.45) is 0 Å². The van der Waals surface area contributed by atoms with Crippen LogP contribution in [0.2, 0.25) is 0 Å². The van der Waals surface area contributed by atoms with Crippen LogP contribution in [0.4, 0.5) is 0 Å². The highest BCUT2D eigenvalue weighted by molar-refractivity contribution is 7.91. The Labute approximate surface area is 95.8 Å². The molecule has 2 aliphatic rings. The molecule has 1 aromatic carbocycles. The molecule has 1 N–H and O–H groups in total. The van der Waals surface area contributed by atoms with Crippen LogP contribution >= 0.6 is 0 Å². The van der Waals surface area contributed by atoms with Gasteiger partial charge >= 0.3 is 0 Å². The van der Waals surface area contributed by atoms with Gasteiger partial charge in [0.05, 0.1) is 10.6 Å². The Morgan fingerprint density at radius 2 is 2.19 bits per heavy atom. The van der Waals surface area contributed by atoms with Crippen molar-refractivity contribution < 1.29 is 8.42 Å². The molecule has 3 nitrogen and oxygen atoms in total. The Kier molecular flexibility index (Phi) is 2.30. The lowest BCUT2D eigenvalue weighted by molar-refractivity contribution is 0.599. The average molecular weight is 237 g/mol. The zero-order valence-electron chi connectivity index (χ0n) is 9.07. The minimum atomic E-state index is -2.99. The molecular formula is C12H15NO2S. The third-order valence-electron chi connectivity index (χ3n) is 3.53. The lowest BCUT2D eigenvalue weighted by atomic mass is 10.0. The van der Waals surface area contributed by atoms with Crippen LogP contribution in [0, 0.1) is 0 Å². The molecule has 1 fully saturated rings. The maximum atomic E-state index is 11.8. The van der Waals surface area contributed by atoms with Gasteiger partial charge in [-0.3, -0.25) is 0 Å². The molecule has 16 heavy (non-hydrogen) atoms. The van der Waals surface area contributed by atoms with Gasteiger partial charge in [0.1, 0.15) is 0 Å². The fraction of sp³-hybridized carbons (Fsp3) is 0.500. The Balaban J connectivity index is 2.05. The fourth-order valence-electron chi connectivity index (χ4n) is 2.61. The number of fused-ring (bicyclic) bond motifs is 1. The molecule has 1 aromatic rings. The normalized spacial score (nSPS) is 26.9. The second kappa shape index (κ2) is 3.57. The topological polar surface area (TPSA) is 46.2 Å². The van der Waals surface area contributed by atoms with Gasteiger partial charge in [0.2, 0.25) is 0 Å². The largest absolute Gasteiger partial charge is 0.310 e. The molecule has 2 aliphatic heterocycles. The Bertz CT molecular complexity index is 516. The van der Waals surface area contributed by atoms with Crippen LogP contribution in [0.25, 0.3) is 0 Å². The predicted molar refractivity (Wildman–Crippen MR) is 62.2 cm³/mol. The molecule has 2 heterocycles. The number of benzene rings is 1. The molecule has 0 aromatic heterocycles. The molecule has 86 valence electrons. The van der Waals surface area contributed by atoms with E-state index in [1.165, 1.54) is 6.42 Å². The van der Waals surface area contributed by atoms with Gasteiger partial charge in [0.15, 0.2) is 9.84 Å². The maximum absolute atomic E-state index is 11.8. The molecule has 0 amide bonds. The zero-order chi connectivity index (χ0) is 11.2. The Morgan fingerprint density at radius 1 is 1.31 bits per heavy atom. The monoisotopic (exact) mass is 237 g/mol. The smallest absolute Gasteiger partial charge is 0.178 e. The molecule has 0 bridgehead atoms. The van der Waals surface area contributed by atoms with Crippen molar-refractivity contribution in [3.63, 3.8) is 0 Å². The van der Waals surface area contributed by atoms with Crippen LogP contribution in [-0.2, 0) is 16.3 Å². The highest BCUT2D eigenvalue weighted by Crippen LogP contribution is 2.31. The molecule has 1 unspecified atom stereocenters. The molecule has 0 radical (unpaired) electrons. The summed E-state index contributed by atoms with van der Waals surface area (Å²) < 4.78 is 23.6. The maximum Gasteiger partial charge on any atom is 0.178 e. The van der Waals surface area contributed by atoms with E-state index in [1.807, 2.05) is 12.1 Å². The van der Waals surface area contributed by atoms with E-state index in [0.717, 1.165) is 24.1 Å². The lowest BCUT2D eigenvalue weighted by Crippen LogP contribution is -2.13. The summed E-state index contributed by atoms with van der Waals surface area (Å²) in [5.41, 5.74) is 2.11. The molecule has 1 saturated heterocycles. The van der Waals surface area contributed by atoms with E-state index in [0.29, 0.717) is 17.4 Å². The molecule has 1 atom stereocenters. The second-order valence-corrected chi connectivity index (χ2v) is 6.66. The van der Waals surface area contributed by atoms with E-state index in [1.54, 1.807) is 0 Å². The average Bonchev–Trinajstić information content (AvgIpc) is 2.87. The Morgan fingerprint density at radius 3 is 2.94 bits per heavy atom. The van der Waals surface area contributed by atoms with Crippen molar-refractivity contribution in [1.82, 2.24) is 5.32 Å². The zero-order valence-corrected chi connectivity index (χ0v) is 9.89. The number of nitrogens with one attached hydrogen (secondary N) is 1. The van der Waals surface area contributed by atoms with E-state index in [-0.39, 0.29) is 5.75 Å². The first kappa shape index (κ1) is 10.3. The van der Waals surface area contributed by atoms with E-state index in [2.05, 4.69) is 11.4 Å².